The Morgan fingerprint density at radius 2 is 1.90 bits per heavy atom. The summed E-state index contributed by atoms with van der Waals surface area (Å²) in [6.07, 6.45) is -2.12. The third-order valence-corrected chi connectivity index (χ3v) is 3.10. The van der Waals surface area contributed by atoms with Crippen LogP contribution in [0.25, 0.3) is 0 Å². The summed E-state index contributed by atoms with van der Waals surface area (Å²) in [5.41, 5.74) is 0.929. The molecule has 1 aliphatic carbocycles. The Balaban J connectivity index is 1.72. The van der Waals surface area contributed by atoms with Crippen molar-refractivity contribution in [1.82, 2.24) is 10.6 Å². The molecule has 0 heterocycles. The lowest BCUT2D eigenvalue weighted by molar-refractivity contribution is -0.274. The molecule has 20 heavy (non-hydrogen) atoms. The zero-order chi connectivity index (χ0) is 14.6. The van der Waals surface area contributed by atoms with Gasteiger partial charge in [0.1, 0.15) is 5.75 Å². The maximum Gasteiger partial charge on any atom is 0.573 e. The van der Waals surface area contributed by atoms with Crippen molar-refractivity contribution in [1.29, 1.82) is 0 Å². The molecule has 1 fully saturated rings. The molecule has 2 rings (SSSR count). The van der Waals surface area contributed by atoms with Crippen molar-refractivity contribution in [2.75, 3.05) is 6.54 Å². The van der Waals surface area contributed by atoms with Gasteiger partial charge >= 0.3 is 6.36 Å². The van der Waals surface area contributed by atoms with Gasteiger partial charge in [-0.1, -0.05) is 12.1 Å². The first kappa shape index (κ1) is 15.1. The zero-order valence-corrected chi connectivity index (χ0v) is 11.3. The van der Waals surface area contributed by atoms with Crippen molar-refractivity contribution in [2.45, 2.75) is 44.8 Å². The molecule has 1 aromatic carbocycles. The van der Waals surface area contributed by atoms with Crippen LogP contribution in [0.2, 0.25) is 0 Å². The number of hydrogen-bond acceptors (Lipinski definition) is 3. The fraction of sp³-hybridized carbons (Fsp3) is 0.571. The Morgan fingerprint density at radius 3 is 2.45 bits per heavy atom. The Labute approximate surface area is 116 Å². The van der Waals surface area contributed by atoms with E-state index in [9.17, 15) is 13.2 Å². The summed E-state index contributed by atoms with van der Waals surface area (Å²) < 4.78 is 39.9. The number of alkyl halides is 3. The molecule has 2 N–H and O–H groups in total. The molecule has 0 aromatic heterocycles. The van der Waals surface area contributed by atoms with Crippen molar-refractivity contribution in [3.05, 3.63) is 29.8 Å². The highest BCUT2D eigenvalue weighted by Crippen LogP contribution is 2.22. The molecule has 1 unspecified atom stereocenters. The largest absolute Gasteiger partial charge is 0.573 e. The topological polar surface area (TPSA) is 33.3 Å². The molecule has 1 aromatic rings. The summed E-state index contributed by atoms with van der Waals surface area (Å²) in [6.45, 7) is 3.61. The number of halogens is 3. The fourth-order valence-corrected chi connectivity index (χ4v) is 1.80. The second-order valence-electron chi connectivity index (χ2n) is 5.16. The van der Waals surface area contributed by atoms with Gasteiger partial charge < -0.3 is 15.4 Å². The van der Waals surface area contributed by atoms with Crippen LogP contribution in [-0.2, 0) is 6.54 Å². The van der Waals surface area contributed by atoms with Crippen LogP contribution in [0.15, 0.2) is 24.3 Å². The van der Waals surface area contributed by atoms with Gasteiger partial charge in [-0.2, -0.15) is 0 Å². The minimum atomic E-state index is -4.64. The monoisotopic (exact) mass is 288 g/mol. The van der Waals surface area contributed by atoms with E-state index in [1.54, 1.807) is 12.1 Å². The van der Waals surface area contributed by atoms with Gasteiger partial charge in [-0.05, 0) is 37.5 Å². The van der Waals surface area contributed by atoms with E-state index < -0.39 is 6.36 Å². The van der Waals surface area contributed by atoms with Crippen molar-refractivity contribution < 1.29 is 17.9 Å². The highest BCUT2D eigenvalue weighted by molar-refractivity contribution is 5.27. The first-order valence-corrected chi connectivity index (χ1v) is 6.74. The van der Waals surface area contributed by atoms with Gasteiger partial charge in [-0.3, -0.25) is 0 Å². The first-order valence-electron chi connectivity index (χ1n) is 6.74. The maximum absolute atomic E-state index is 12.0. The van der Waals surface area contributed by atoms with Crippen LogP contribution >= 0.6 is 0 Å². The predicted octanol–water partition coefficient (Wildman–Crippen LogP) is 2.82. The summed E-state index contributed by atoms with van der Waals surface area (Å²) in [5, 5.41) is 6.74. The van der Waals surface area contributed by atoms with Crippen molar-refractivity contribution >= 4 is 0 Å². The van der Waals surface area contributed by atoms with Gasteiger partial charge in [0.25, 0.3) is 0 Å². The minimum absolute atomic E-state index is 0.190. The second kappa shape index (κ2) is 6.45. The third-order valence-electron chi connectivity index (χ3n) is 3.10. The second-order valence-corrected chi connectivity index (χ2v) is 5.16. The van der Waals surface area contributed by atoms with Crippen LogP contribution in [0.1, 0.15) is 25.3 Å². The predicted molar refractivity (Wildman–Crippen MR) is 70.5 cm³/mol. The molecule has 0 amide bonds. The number of rotatable bonds is 7. The van der Waals surface area contributed by atoms with Gasteiger partial charge in [-0.15, -0.1) is 13.2 Å². The molecule has 0 spiro atoms. The van der Waals surface area contributed by atoms with Crippen LogP contribution in [0.4, 0.5) is 13.2 Å². The Kier molecular flexibility index (Phi) is 4.88. The van der Waals surface area contributed by atoms with E-state index in [-0.39, 0.29) is 5.75 Å². The van der Waals surface area contributed by atoms with Crippen LogP contribution in [0.5, 0.6) is 5.75 Å². The quantitative estimate of drug-likeness (QED) is 0.809. The number of nitrogens with one attached hydrogen (secondary N) is 2. The molecular formula is C14H19F3N2O. The van der Waals surface area contributed by atoms with Crippen LogP contribution in [-0.4, -0.2) is 25.0 Å². The third kappa shape index (κ3) is 5.79. The van der Waals surface area contributed by atoms with Crippen molar-refractivity contribution in [3.63, 3.8) is 0 Å². The summed E-state index contributed by atoms with van der Waals surface area (Å²) in [4.78, 5) is 0. The van der Waals surface area contributed by atoms with Gasteiger partial charge in [0.15, 0.2) is 0 Å². The fourth-order valence-electron chi connectivity index (χ4n) is 1.80. The van der Waals surface area contributed by atoms with E-state index in [2.05, 4.69) is 22.3 Å². The molecule has 0 radical (unpaired) electrons. The summed E-state index contributed by atoms with van der Waals surface area (Å²) in [5.74, 6) is -0.190. The Morgan fingerprint density at radius 1 is 1.25 bits per heavy atom. The lowest BCUT2D eigenvalue weighted by Gasteiger charge is -2.15. The minimum Gasteiger partial charge on any atom is -0.406 e. The average Bonchev–Trinajstić information content (AvgIpc) is 3.17. The lowest BCUT2D eigenvalue weighted by atomic mass is 10.2. The smallest absolute Gasteiger partial charge is 0.406 e. The van der Waals surface area contributed by atoms with Crippen LogP contribution < -0.4 is 15.4 Å². The molecule has 1 atom stereocenters. The van der Waals surface area contributed by atoms with Gasteiger partial charge in [-0.25, -0.2) is 0 Å². The molecule has 0 bridgehead atoms. The van der Waals surface area contributed by atoms with Gasteiger partial charge in [0.05, 0.1) is 0 Å². The number of benzene rings is 1. The summed E-state index contributed by atoms with van der Waals surface area (Å²) >= 11 is 0. The molecule has 112 valence electrons. The molecule has 0 aliphatic heterocycles. The van der Waals surface area contributed by atoms with E-state index >= 15 is 0 Å². The molecule has 0 saturated heterocycles. The molecule has 1 saturated carbocycles. The zero-order valence-electron chi connectivity index (χ0n) is 11.3. The number of hydrogen-bond donors (Lipinski definition) is 2. The lowest BCUT2D eigenvalue weighted by Crippen LogP contribution is -2.36. The Bertz CT molecular complexity index is 415. The van der Waals surface area contributed by atoms with Crippen molar-refractivity contribution in [3.8, 4) is 5.75 Å². The van der Waals surface area contributed by atoms with E-state index in [0.29, 0.717) is 18.6 Å². The average molecular weight is 288 g/mol. The van der Waals surface area contributed by atoms with Gasteiger partial charge in [0.2, 0.25) is 0 Å². The van der Waals surface area contributed by atoms with E-state index in [4.69, 9.17) is 0 Å². The van der Waals surface area contributed by atoms with Crippen molar-refractivity contribution in [2.24, 2.45) is 0 Å². The summed E-state index contributed by atoms with van der Waals surface area (Å²) in [7, 11) is 0. The first-order chi connectivity index (χ1) is 9.42. The molecule has 3 nitrogen and oxygen atoms in total. The van der Waals surface area contributed by atoms with E-state index in [1.807, 2.05) is 0 Å². The summed E-state index contributed by atoms with van der Waals surface area (Å²) in [6, 6.07) is 6.93. The molecule has 6 heteroatoms. The van der Waals surface area contributed by atoms with E-state index in [1.165, 1.54) is 25.0 Å². The van der Waals surface area contributed by atoms with E-state index in [0.717, 1.165) is 12.1 Å². The highest BCUT2D eigenvalue weighted by Gasteiger charge is 2.30. The molecule has 1 aliphatic rings. The SMILES string of the molecule is CC(CNC1CC1)NCc1ccc(OC(F)(F)F)cc1. The maximum atomic E-state index is 12.0. The normalized spacial score (nSPS) is 17.0. The highest BCUT2D eigenvalue weighted by atomic mass is 19.4. The Hall–Kier alpha value is -1.27. The van der Waals surface area contributed by atoms with Crippen LogP contribution in [0, 0.1) is 0 Å². The van der Waals surface area contributed by atoms with Gasteiger partial charge in [0, 0.05) is 25.2 Å². The molecular weight excluding hydrogens is 269 g/mol. The standard InChI is InChI=1S/C14H19F3N2O/c1-10(8-19-12-4-5-12)18-9-11-2-6-13(7-3-11)20-14(15,16)17/h2-3,6-7,10,12,18-19H,4-5,8-9H2,1H3. The van der Waals surface area contributed by atoms with Crippen LogP contribution in [0.3, 0.4) is 0 Å². The number of ether oxygens (including phenoxy) is 1.